The molecule has 2 fully saturated rings. The molecular formula is C28H35N3O3. The molecule has 2 aromatic rings. The molecule has 0 N–H and O–H groups in total. The van der Waals surface area contributed by atoms with Crippen LogP contribution in [0.2, 0.25) is 0 Å². The van der Waals surface area contributed by atoms with Gasteiger partial charge in [0.25, 0.3) is 0 Å². The summed E-state index contributed by atoms with van der Waals surface area (Å²) < 4.78 is 5.24. The second-order valence-corrected chi connectivity index (χ2v) is 10.2. The van der Waals surface area contributed by atoms with Gasteiger partial charge < -0.3 is 14.5 Å². The smallest absolute Gasteiger partial charge is 0.308 e. The standard InChI is InChI=1S/C28H35N3O3/c1-3-34-27(33)21-6-9-24(10-7-21)30-15-12-28(13-16-30)19-31(20(2)32)26-11-8-22(17-25(26)28)23-5-4-14-29-18-23/h4-5,8,11,14,17-18,21,24H,3,6-7,9-10,12-13,15-16,19H2,1-2H3. The Labute approximate surface area is 202 Å². The maximum atomic E-state index is 12.5. The van der Waals surface area contributed by atoms with E-state index >= 15 is 0 Å². The second-order valence-electron chi connectivity index (χ2n) is 10.2. The molecule has 1 aromatic heterocycles. The predicted molar refractivity (Wildman–Crippen MR) is 133 cm³/mol. The van der Waals surface area contributed by atoms with E-state index in [2.05, 4.69) is 34.1 Å². The minimum absolute atomic E-state index is 0.0118. The van der Waals surface area contributed by atoms with E-state index in [0.717, 1.165) is 75.0 Å². The highest BCUT2D eigenvalue weighted by atomic mass is 16.5. The molecule has 1 aliphatic carbocycles. The first-order chi connectivity index (χ1) is 16.5. The van der Waals surface area contributed by atoms with Crippen LogP contribution in [0.25, 0.3) is 11.1 Å². The van der Waals surface area contributed by atoms with Crippen molar-refractivity contribution in [1.82, 2.24) is 9.88 Å². The van der Waals surface area contributed by atoms with E-state index in [4.69, 9.17) is 4.74 Å². The van der Waals surface area contributed by atoms with Crippen LogP contribution in [0.15, 0.2) is 42.7 Å². The number of carbonyl (C=O) groups is 2. The molecule has 6 heteroatoms. The highest BCUT2D eigenvalue weighted by Crippen LogP contribution is 2.49. The summed E-state index contributed by atoms with van der Waals surface area (Å²) in [6.07, 6.45) is 9.81. The van der Waals surface area contributed by atoms with Crippen molar-refractivity contribution in [3.63, 3.8) is 0 Å². The second kappa shape index (κ2) is 9.49. The van der Waals surface area contributed by atoms with Gasteiger partial charge in [-0.1, -0.05) is 12.1 Å². The quantitative estimate of drug-likeness (QED) is 0.624. The van der Waals surface area contributed by atoms with Crippen molar-refractivity contribution in [2.75, 3.05) is 31.1 Å². The highest BCUT2D eigenvalue weighted by Gasteiger charge is 2.46. The number of rotatable bonds is 4. The van der Waals surface area contributed by atoms with E-state index in [9.17, 15) is 9.59 Å². The Hall–Kier alpha value is -2.73. The minimum Gasteiger partial charge on any atom is -0.466 e. The number of hydrogen-bond acceptors (Lipinski definition) is 5. The molecule has 3 heterocycles. The number of likely N-dealkylation sites (tertiary alicyclic amines) is 1. The average molecular weight is 462 g/mol. The fraction of sp³-hybridized carbons (Fsp3) is 0.536. The molecular weight excluding hydrogens is 426 g/mol. The number of esters is 1. The maximum absolute atomic E-state index is 12.5. The van der Waals surface area contributed by atoms with E-state index in [1.807, 2.05) is 24.1 Å². The molecule has 1 aromatic carbocycles. The number of ether oxygens (including phenoxy) is 1. The van der Waals surface area contributed by atoms with Crippen LogP contribution in [0.4, 0.5) is 5.69 Å². The van der Waals surface area contributed by atoms with Crippen molar-refractivity contribution >= 4 is 17.6 Å². The number of piperidine rings is 1. The molecule has 0 atom stereocenters. The van der Waals surface area contributed by atoms with E-state index in [-0.39, 0.29) is 23.2 Å². The van der Waals surface area contributed by atoms with Crippen LogP contribution in [0.1, 0.15) is 57.9 Å². The van der Waals surface area contributed by atoms with Crippen LogP contribution in [-0.2, 0) is 19.7 Å². The third kappa shape index (κ3) is 4.24. The molecule has 3 aliphatic rings. The molecule has 0 bridgehead atoms. The van der Waals surface area contributed by atoms with Crippen molar-refractivity contribution in [2.24, 2.45) is 5.92 Å². The van der Waals surface area contributed by atoms with Gasteiger partial charge in [0.05, 0.1) is 12.5 Å². The van der Waals surface area contributed by atoms with Gasteiger partial charge in [-0.25, -0.2) is 0 Å². The van der Waals surface area contributed by atoms with Gasteiger partial charge in [-0.2, -0.15) is 0 Å². The molecule has 2 aliphatic heterocycles. The number of fused-ring (bicyclic) bond motifs is 2. The van der Waals surface area contributed by atoms with Gasteiger partial charge in [0.2, 0.25) is 5.91 Å². The van der Waals surface area contributed by atoms with Crippen LogP contribution in [-0.4, -0.2) is 54.0 Å². The molecule has 1 saturated heterocycles. The molecule has 0 radical (unpaired) electrons. The first-order valence-corrected chi connectivity index (χ1v) is 12.7. The maximum Gasteiger partial charge on any atom is 0.308 e. The van der Waals surface area contributed by atoms with Gasteiger partial charge in [-0.3, -0.25) is 14.6 Å². The summed E-state index contributed by atoms with van der Waals surface area (Å²) in [6.45, 7) is 6.87. The van der Waals surface area contributed by atoms with Crippen molar-refractivity contribution in [3.8, 4) is 11.1 Å². The molecule has 5 rings (SSSR count). The van der Waals surface area contributed by atoms with E-state index < -0.39 is 0 Å². The van der Waals surface area contributed by atoms with Crippen LogP contribution in [0.5, 0.6) is 0 Å². The molecule has 6 nitrogen and oxygen atoms in total. The molecule has 180 valence electrons. The zero-order valence-corrected chi connectivity index (χ0v) is 20.3. The lowest BCUT2D eigenvalue weighted by Gasteiger charge is -2.44. The van der Waals surface area contributed by atoms with E-state index in [1.54, 1.807) is 13.1 Å². The summed E-state index contributed by atoms with van der Waals surface area (Å²) in [7, 11) is 0. The molecule has 1 amide bonds. The number of nitrogens with zero attached hydrogens (tertiary/aromatic N) is 3. The summed E-state index contributed by atoms with van der Waals surface area (Å²) in [5.41, 5.74) is 4.67. The topological polar surface area (TPSA) is 62.7 Å². The Balaban J connectivity index is 1.31. The van der Waals surface area contributed by atoms with Gasteiger partial charge in [0.15, 0.2) is 0 Å². The average Bonchev–Trinajstić information content (AvgIpc) is 3.19. The predicted octanol–water partition coefficient (Wildman–Crippen LogP) is 4.57. The minimum atomic E-state index is -0.0187. The molecule has 34 heavy (non-hydrogen) atoms. The monoisotopic (exact) mass is 461 g/mol. The first kappa shape index (κ1) is 23.0. The third-order valence-corrected chi connectivity index (χ3v) is 8.28. The summed E-state index contributed by atoms with van der Waals surface area (Å²) >= 11 is 0. The van der Waals surface area contributed by atoms with Crippen LogP contribution in [0.3, 0.4) is 0 Å². The number of pyridine rings is 1. The number of amides is 1. The van der Waals surface area contributed by atoms with Gasteiger partial charge >= 0.3 is 5.97 Å². The van der Waals surface area contributed by atoms with Crippen LogP contribution in [0, 0.1) is 5.92 Å². The Morgan fingerprint density at radius 1 is 1.09 bits per heavy atom. The fourth-order valence-electron chi connectivity index (χ4n) is 6.34. The Morgan fingerprint density at radius 2 is 1.85 bits per heavy atom. The lowest BCUT2D eigenvalue weighted by atomic mass is 9.73. The largest absolute Gasteiger partial charge is 0.466 e. The van der Waals surface area contributed by atoms with Crippen LogP contribution >= 0.6 is 0 Å². The summed E-state index contributed by atoms with van der Waals surface area (Å²) in [6, 6.07) is 11.1. The normalized spacial score (nSPS) is 24.1. The lowest BCUT2D eigenvalue weighted by molar-refractivity contribution is -0.149. The van der Waals surface area contributed by atoms with Gasteiger partial charge in [0.1, 0.15) is 0 Å². The zero-order chi connectivity index (χ0) is 23.7. The number of carbonyl (C=O) groups excluding carboxylic acids is 2. The SMILES string of the molecule is CCOC(=O)C1CCC(N2CCC3(CC2)CN(C(C)=O)c2ccc(-c4cccnc4)cc23)CC1. The number of aromatic nitrogens is 1. The van der Waals surface area contributed by atoms with E-state index in [1.165, 1.54) is 5.56 Å². The van der Waals surface area contributed by atoms with Gasteiger partial charge in [-0.15, -0.1) is 0 Å². The summed E-state index contributed by atoms with van der Waals surface area (Å²) in [4.78, 5) is 33.5. The van der Waals surface area contributed by atoms with E-state index in [0.29, 0.717) is 12.6 Å². The van der Waals surface area contributed by atoms with Crippen molar-refractivity contribution in [3.05, 3.63) is 48.3 Å². The fourth-order valence-corrected chi connectivity index (χ4v) is 6.34. The van der Waals surface area contributed by atoms with Crippen molar-refractivity contribution in [1.29, 1.82) is 0 Å². The highest BCUT2D eigenvalue weighted by molar-refractivity contribution is 5.95. The van der Waals surface area contributed by atoms with Crippen molar-refractivity contribution in [2.45, 2.75) is 63.8 Å². The Bertz CT molecular complexity index is 1040. The summed E-state index contributed by atoms with van der Waals surface area (Å²) in [5, 5.41) is 0. The summed E-state index contributed by atoms with van der Waals surface area (Å²) in [5.74, 6) is 0.172. The van der Waals surface area contributed by atoms with Crippen LogP contribution < -0.4 is 4.90 Å². The molecule has 1 spiro atoms. The first-order valence-electron chi connectivity index (χ1n) is 12.7. The Morgan fingerprint density at radius 3 is 2.50 bits per heavy atom. The number of hydrogen-bond donors (Lipinski definition) is 0. The number of anilines is 1. The third-order valence-electron chi connectivity index (χ3n) is 8.28. The lowest BCUT2D eigenvalue weighted by Crippen LogP contribution is -2.50. The van der Waals surface area contributed by atoms with Gasteiger partial charge in [-0.05, 0) is 93.4 Å². The molecule has 1 saturated carbocycles. The van der Waals surface area contributed by atoms with Gasteiger partial charge in [0, 0.05) is 43.0 Å². The van der Waals surface area contributed by atoms with Crippen molar-refractivity contribution < 1.29 is 14.3 Å². The number of benzene rings is 1. The Kier molecular flexibility index (Phi) is 6.43. The molecule has 0 unspecified atom stereocenters. The zero-order valence-electron chi connectivity index (χ0n) is 20.3.